The van der Waals surface area contributed by atoms with E-state index in [4.69, 9.17) is 0 Å². The molecule has 1 fully saturated rings. The van der Waals surface area contributed by atoms with Gasteiger partial charge in [-0.15, -0.1) is 0 Å². The molecule has 3 aromatic rings. The van der Waals surface area contributed by atoms with E-state index in [1.807, 2.05) is 11.8 Å². The average molecular weight is 415 g/mol. The smallest absolute Gasteiger partial charge is 0.280 e. The molecular formula is C21H23FN4O2S. The minimum Gasteiger partial charge on any atom is -0.338 e. The van der Waals surface area contributed by atoms with Crippen LogP contribution in [0.1, 0.15) is 37.6 Å². The Morgan fingerprint density at radius 3 is 2.76 bits per heavy atom. The molecule has 0 aliphatic carbocycles. The Morgan fingerprint density at radius 2 is 2.03 bits per heavy atom. The van der Waals surface area contributed by atoms with Crippen LogP contribution in [0.3, 0.4) is 0 Å². The lowest BCUT2D eigenvalue weighted by Gasteiger charge is -2.22. The van der Waals surface area contributed by atoms with Crippen LogP contribution in [-0.2, 0) is 24.7 Å². The average Bonchev–Trinajstić information content (AvgIpc) is 3.37. The highest BCUT2D eigenvalue weighted by Gasteiger charge is 2.32. The van der Waals surface area contributed by atoms with Crippen molar-refractivity contribution in [3.8, 4) is 0 Å². The van der Waals surface area contributed by atoms with Crippen LogP contribution < -0.4 is 10.5 Å². The maximum absolute atomic E-state index is 13.1. The van der Waals surface area contributed by atoms with Crippen molar-refractivity contribution in [1.29, 1.82) is 0 Å². The standard InChI is InChI=1S/C21H23FN4O2S/c1-3-17-23-19-18(20(28)25(17)2)24-21(29-19)26-12-4-5-15(26)16(27)11-8-13-6-9-14(22)10-7-13/h6-7,9-10,15H,3-5,8,11-12H2,1-2H3/t15-/m1/s1. The second kappa shape index (κ2) is 8.02. The van der Waals surface area contributed by atoms with Gasteiger partial charge >= 0.3 is 0 Å². The van der Waals surface area contributed by atoms with E-state index in [9.17, 15) is 14.0 Å². The van der Waals surface area contributed by atoms with Gasteiger partial charge in [0.25, 0.3) is 5.56 Å². The largest absolute Gasteiger partial charge is 0.338 e. The molecule has 1 aliphatic heterocycles. The molecule has 0 N–H and O–H groups in total. The Balaban J connectivity index is 1.54. The predicted molar refractivity (Wildman–Crippen MR) is 112 cm³/mol. The first-order valence-corrected chi connectivity index (χ1v) is 10.7. The van der Waals surface area contributed by atoms with Crippen molar-refractivity contribution < 1.29 is 9.18 Å². The van der Waals surface area contributed by atoms with Crippen molar-refractivity contribution in [3.63, 3.8) is 0 Å². The van der Waals surface area contributed by atoms with Crippen LogP contribution in [0, 0.1) is 5.82 Å². The van der Waals surface area contributed by atoms with Gasteiger partial charge in [-0.25, -0.2) is 14.4 Å². The molecule has 4 rings (SSSR count). The lowest BCUT2D eigenvalue weighted by Crippen LogP contribution is -2.36. The first-order chi connectivity index (χ1) is 14.0. The Bertz CT molecular complexity index is 1110. The Morgan fingerprint density at radius 1 is 1.28 bits per heavy atom. The number of aromatic nitrogens is 3. The molecule has 0 bridgehead atoms. The van der Waals surface area contributed by atoms with Crippen LogP contribution in [0.4, 0.5) is 9.52 Å². The van der Waals surface area contributed by atoms with E-state index < -0.39 is 0 Å². The SMILES string of the molecule is CCc1nc2sc(N3CCC[C@@H]3C(=O)CCc3ccc(F)cc3)nc2c(=O)n1C. The lowest BCUT2D eigenvalue weighted by molar-refractivity contribution is -0.120. The number of carbonyl (C=O) groups is 1. The molecule has 1 aliphatic rings. The van der Waals surface area contributed by atoms with Gasteiger partial charge in [0.2, 0.25) is 0 Å². The summed E-state index contributed by atoms with van der Waals surface area (Å²) < 4.78 is 14.6. The van der Waals surface area contributed by atoms with Crippen molar-refractivity contribution in [2.75, 3.05) is 11.4 Å². The number of hydrogen-bond donors (Lipinski definition) is 0. The Hall–Kier alpha value is -2.61. The topological polar surface area (TPSA) is 68.1 Å². The summed E-state index contributed by atoms with van der Waals surface area (Å²) in [5.41, 5.74) is 1.17. The fourth-order valence-electron chi connectivity index (χ4n) is 3.84. The van der Waals surface area contributed by atoms with Crippen LogP contribution >= 0.6 is 11.3 Å². The maximum Gasteiger partial charge on any atom is 0.280 e. The summed E-state index contributed by atoms with van der Waals surface area (Å²) in [7, 11) is 1.71. The van der Waals surface area contributed by atoms with Gasteiger partial charge in [-0.05, 0) is 37.0 Å². The number of thiazole rings is 1. The maximum atomic E-state index is 13.1. The third kappa shape index (κ3) is 3.81. The monoisotopic (exact) mass is 414 g/mol. The first kappa shape index (κ1) is 19.7. The van der Waals surface area contributed by atoms with E-state index >= 15 is 0 Å². The molecule has 3 heterocycles. The number of fused-ring (bicyclic) bond motifs is 1. The summed E-state index contributed by atoms with van der Waals surface area (Å²) in [4.78, 5) is 37.2. The molecule has 1 aromatic carbocycles. The van der Waals surface area contributed by atoms with Crippen molar-refractivity contribution in [2.45, 2.75) is 45.1 Å². The predicted octanol–water partition coefficient (Wildman–Crippen LogP) is 3.26. The second-order valence-electron chi connectivity index (χ2n) is 7.34. The highest BCUT2D eigenvalue weighted by molar-refractivity contribution is 7.21. The third-order valence-corrected chi connectivity index (χ3v) is 6.47. The number of carbonyl (C=O) groups excluding carboxylic acids is 1. The van der Waals surface area contributed by atoms with E-state index in [1.165, 1.54) is 23.5 Å². The number of benzene rings is 1. The molecule has 0 unspecified atom stereocenters. The van der Waals surface area contributed by atoms with Gasteiger partial charge in [0.15, 0.2) is 21.3 Å². The molecule has 0 radical (unpaired) electrons. The van der Waals surface area contributed by atoms with Gasteiger partial charge in [-0.2, -0.15) is 0 Å². The Labute approximate surface area is 172 Å². The second-order valence-corrected chi connectivity index (χ2v) is 8.30. The minimum atomic E-state index is -0.274. The van der Waals surface area contributed by atoms with Crippen molar-refractivity contribution >= 4 is 32.6 Å². The number of aryl methyl sites for hydroxylation is 2. The van der Waals surface area contributed by atoms with Gasteiger partial charge < -0.3 is 4.90 Å². The number of ketones is 1. The zero-order valence-corrected chi connectivity index (χ0v) is 17.3. The summed E-state index contributed by atoms with van der Waals surface area (Å²) in [6, 6.07) is 6.04. The zero-order valence-electron chi connectivity index (χ0n) is 16.5. The van der Waals surface area contributed by atoms with Gasteiger partial charge in [0.05, 0.1) is 6.04 Å². The number of Topliss-reactive ketones (excluding diaryl/α,β-unsaturated/α-hetero) is 1. The van der Waals surface area contributed by atoms with Crippen LogP contribution in [0.15, 0.2) is 29.1 Å². The fourth-order valence-corrected chi connectivity index (χ4v) is 4.87. The molecule has 8 heteroatoms. The fraction of sp³-hybridized carbons (Fsp3) is 0.429. The summed E-state index contributed by atoms with van der Waals surface area (Å²) in [5.74, 6) is 0.607. The molecule has 6 nitrogen and oxygen atoms in total. The van der Waals surface area contributed by atoms with Crippen LogP contribution in [0.25, 0.3) is 10.3 Å². The van der Waals surface area contributed by atoms with E-state index in [-0.39, 0.29) is 23.2 Å². The van der Waals surface area contributed by atoms with Gasteiger partial charge in [0, 0.05) is 26.4 Å². The van der Waals surface area contributed by atoms with E-state index in [0.29, 0.717) is 34.7 Å². The molecule has 0 saturated carbocycles. The normalized spacial score (nSPS) is 16.7. The molecule has 29 heavy (non-hydrogen) atoms. The molecule has 0 amide bonds. The van der Waals surface area contributed by atoms with E-state index in [1.54, 1.807) is 23.7 Å². The van der Waals surface area contributed by atoms with Crippen molar-refractivity contribution in [1.82, 2.24) is 14.5 Å². The molecule has 2 aromatic heterocycles. The summed E-state index contributed by atoms with van der Waals surface area (Å²) in [6.07, 6.45) is 3.35. The number of rotatable bonds is 6. The number of nitrogens with zero attached hydrogens (tertiary/aromatic N) is 4. The van der Waals surface area contributed by atoms with Crippen molar-refractivity contribution in [2.24, 2.45) is 7.05 Å². The molecule has 1 saturated heterocycles. The quantitative estimate of drug-likeness (QED) is 0.619. The van der Waals surface area contributed by atoms with Gasteiger partial charge in [0.1, 0.15) is 11.6 Å². The van der Waals surface area contributed by atoms with E-state index in [0.717, 1.165) is 30.8 Å². The van der Waals surface area contributed by atoms with Crippen LogP contribution in [-0.4, -0.2) is 32.9 Å². The van der Waals surface area contributed by atoms with Crippen LogP contribution in [0.5, 0.6) is 0 Å². The van der Waals surface area contributed by atoms with Gasteiger partial charge in [-0.3, -0.25) is 14.2 Å². The third-order valence-electron chi connectivity index (χ3n) is 5.48. The molecule has 152 valence electrons. The zero-order chi connectivity index (χ0) is 20.5. The number of halogens is 1. The number of anilines is 1. The van der Waals surface area contributed by atoms with E-state index in [2.05, 4.69) is 9.97 Å². The minimum absolute atomic E-state index is 0.146. The summed E-state index contributed by atoms with van der Waals surface area (Å²) in [6.45, 7) is 2.71. The lowest BCUT2D eigenvalue weighted by atomic mass is 10.0. The Kier molecular flexibility index (Phi) is 5.45. The van der Waals surface area contributed by atoms with Gasteiger partial charge in [-0.1, -0.05) is 30.4 Å². The summed E-state index contributed by atoms with van der Waals surface area (Å²) in [5, 5.41) is 0.690. The summed E-state index contributed by atoms with van der Waals surface area (Å²) >= 11 is 1.38. The highest BCUT2D eigenvalue weighted by Crippen LogP contribution is 2.32. The first-order valence-electron chi connectivity index (χ1n) is 9.88. The number of hydrogen-bond acceptors (Lipinski definition) is 6. The van der Waals surface area contributed by atoms with Crippen molar-refractivity contribution in [3.05, 3.63) is 51.8 Å². The molecular weight excluding hydrogens is 391 g/mol. The molecule has 0 spiro atoms. The van der Waals surface area contributed by atoms with Crippen LogP contribution in [0.2, 0.25) is 0 Å². The molecule has 1 atom stereocenters. The highest BCUT2D eigenvalue weighted by atomic mass is 32.1.